The van der Waals surface area contributed by atoms with Gasteiger partial charge in [0.15, 0.2) is 17.0 Å². The second-order valence-electron chi connectivity index (χ2n) is 15.9. The third-order valence-electron chi connectivity index (χ3n) is 11.7. The van der Waals surface area contributed by atoms with Gasteiger partial charge in [-0.3, -0.25) is 0 Å². The predicted molar refractivity (Wildman–Crippen MR) is 250 cm³/mol. The van der Waals surface area contributed by atoms with E-state index < -0.39 is 45.5 Å². The van der Waals surface area contributed by atoms with Gasteiger partial charge in [-0.15, -0.1) is 0 Å². The molecule has 2 saturated heterocycles. The Morgan fingerprint density at radius 1 is 0.393 bits per heavy atom. The van der Waals surface area contributed by atoms with Gasteiger partial charge in [-0.2, -0.15) is 0 Å². The van der Waals surface area contributed by atoms with Crippen LogP contribution in [0.3, 0.4) is 0 Å². The Balaban J connectivity index is 1.36. The van der Waals surface area contributed by atoms with Crippen LogP contribution in [0.5, 0.6) is 0 Å². The Kier molecular flexibility index (Phi) is 10.9. The summed E-state index contributed by atoms with van der Waals surface area (Å²) in [7, 11) is -3.16. The molecule has 0 radical (unpaired) electrons. The summed E-state index contributed by atoms with van der Waals surface area (Å²) in [5.41, 5.74) is 3.55. The predicted octanol–water partition coefficient (Wildman–Crippen LogP) is 11.5. The molecule has 8 aromatic rings. The lowest BCUT2D eigenvalue weighted by atomic mass is 9.72. The molecule has 0 amide bonds. The average Bonchev–Trinajstić information content (AvgIpc) is 3.61. The van der Waals surface area contributed by atoms with E-state index >= 15 is 0 Å². The van der Waals surface area contributed by atoms with Crippen molar-refractivity contribution < 1.29 is 18.5 Å². The molecule has 0 N–H and O–H groups in total. The van der Waals surface area contributed by atoms with Gasteiger partial charge >= 0.3 is 0 Å². The lowest BCUT2D eigenvalue weighted by molar-refractivity contribution is -0.173. The fraction of sp³-hybridized carbons (Fsp3) is 0.127. The van der Waals surface area contributed by atoms with E-state index in [0.29, 0.717) is 0 Å². The fourth-order valence-electron chi connectivity index (χ4n) is 9.11. The van der Waals surface area contributed by atoms with Crippen molar-refractivity contribution in [3.8, 4) is 11.1 Å². The number of benzene rings is 8. The largest absolute Gasteiger partial charge is 0.341 e. The summed E-state index contributed by atoms with van der Waals surface area (Å²) in [6.07, 6.45) is -1.37. The van der Waals surface area contributed by atoms with Crippen LogP contribution in [0.25, 0.3) is 11.1 Å². The molecule has 0 aliphatic carbocycles. The van der Waals surface area contributed by atoms with Crippen molar-refractivity contribution in [3.05, 3.63) is 253 Å². The van der Waals surface area contributed by atoms with Gasteiger partial charge in [-0.1, -0.05) is 231 Å². The summed E-state index contributed by atoms with van der Waals surface area (Å²) < 4.78 is 31.2. The van der Waals surface area contributed by atoms with Crippen LogP contribution in [-0.2, 0) is 29.7 Å². The minimum absolute atomic E-state index is 0.683. The molecule has 0 aromatic heterocycles. The topological polar surface area (TPSA) is 36.9 Å². The lowest BCUT2D eigenvalue weighted by Crippen LogP contribution is -2.53. The van der Waals surface area contributed by atoms with E-state index in [-0.39, 0.29) is 0 Å². The summed E-state index contributed by atoms with van der Waals surface area (Å²) in [6, 6.07) is 81.3. The van der Waals surface area contributed by atoms with Gasteiger partial charge in [0.05, 0.1) is 0 Å². The Hall–Kier alpha value is -5.54. The molecule has 10 rings (SSSR count). The van der Waals surface area contributed by atoms with Gasteiger partial charge in [0, 0.05) is 5.30 Å². The fourth-order valence-corrected chi connectivity index (χ4v) is 14.1. The first-order valence-corrected chi connectivity index (χ1v) is 23.3. The molecule has 2 heterocycles. The van der Waals surface area contributed by atoms with Gasteiger partial charge in [-0.05, 0) is 71.1 Å². The van der Waals surface area contributed by atoms with E-state index in [1.165, 1.54) is 15.9 Å². The smallest absolute Gasteiger partial charge is 0.209 e. The summed E-state index contributed by atoms with van der Waals surface area (Å²) in [5, 5.41) is 4.66. The Labute approximate surface area is 361 Å². The molecule has 2 aliphatic heterocycles. The van der Waals surface area contributed by atoms with Crippen LogP contribution < -0.4 is 21.2 Å². The molecule has 300 valence electrons. The molecule has 4 nitrogen and oxygen atoms in total. The van der Waals surface area contributed by atoms with E-state index in [1.807, 2.05) is 13.8 Å². The minimum Gasteiger partial charge on any atom is -0.341 e. The van der Waals surface area contributed by atoms with Gasteiger partial charge in [-0.25, -0.2) is 0 Å². The molecule has 2 aliphatic rings. The first-order valence-electron chi connectivity index (χ1n) is 20.8. The Morgan fingerprint density at radius 3 is 1.11 bits per heavy atom. The first kappa shape index (κ1) is 39.6. The third kappa shape index (κ3) is 7.18. The van der Waals surface area contributed by atoms with Crippen LogP contribution in [0.15, 0.2) is 231 Å². The first-order chi connectivity index (χ1) is 30.0. The van der Waals surface area contributed by atoms with E-state index in [4.69, 9.17) is 18.5 Å². The van der Waals surface area contributed by atoms with Crippen molar-refractivity contribution in [2.45, 2.75) is 43.0 Å². The lowest BCUT2D eigenvalue weighted by Gasteiger charge is -2.41. The van der Waals surface area contributed by atoms with Crippen molar-refractivity contribution in [3.63, 3.8) is 0 Å². The summed E-state index contributed by atoms with van der Waals surface area (Å²) >= 11 is 0. The van der Waals surface area contributed by atoms with E-state index in [9.17, 15) is 0 Å². The van der Waals surface area contributed by atoms with Crippen molar-refractivity contribution in [1.29, 1.82) is 0 Å². The number of hydrogen-bond acceptors (Lipinski definition) is 4. The highest BCUT2D eigenvalue weighted by Crippen LogP contribution is 2.65. The zero-order valence-electron chi connectivity index (χ0n) is 34.1. The molecule has 0 spiro atoms. The molecule has 0 unspecified atom stereocenters. The zero-order valence-corrected chi connectivity index (χ0v) is 35.9. The minimum atomic E-state index is -2.04. The molecule has 6 heteroatoms. The average molecular weight is 833 g/mol. The maximum absolute atomic E-state index is 8.24. The van der Waals surface area contributed by atoms with E-state index in [1.54, 1.807) is 0 Å². The number of fused-ring (bicyclic) bond motifs is 1. The van der Waals surface area contributed by atoms with Crippen LogP contribution in [0.2, 0.25) is 0 Å². The Morgan fingerprint density at radius 2 is 0.738 bits per heavy atom. The van der Waals surface area contributed by atoms with Gasteiger partial charge in [0.1, 0.15) is 12.2 Å². The highest BCUT2D eigenvalue weighted by molar-refractivity contribution is 7.81. The van der Waals surface area contributed by atoms with Crippen LogP contribution in [0.4, 0.5) is 0 Å². The van der Waals surface area contributed by atoms with E-state index in [2.05, 4.69) is 231 Å². The van der Waals surface area contributed by atoms with Gasteiger partial charge < -0.3 is 18.5 Å². The van der Waals surface area contributed by atoms with Gasteiger partial charge in [0.25, 0.3) is 0 Å². The molecule has 8 aromatic carbocycles. The normalized spacial score (nSPS) is 19.2. The second-order valence-corrected chi connectivity index (χ2v) is 19.4. The second kappa shape index (κ2) is 16.7. The van der Waals surface area contributed by atoms with Gasteiger partial charge in [0.2, 0.25) is 8.38 Å². The van der Waals surface area contributed by atoms with Crippen LogP contribution >= 0.6 is 16.3 Å². The number of rotatable bonds is 9. The summed E-state index contributed by atoms with van der Waals surface area (Å²) in [6.45, 7) is 4.00. The quantitative estimate of drug-likeness (QED) is 0.136. The third-order valence-corrected chi connectivity index (χ3v) is 16.1. The molecule has 0 saturated carbocycles. The van der Waals surface area contributed by atoms with Crippen molar-refractivity contribution in [1.82, 2.24) is 0 Å². The maximum Gasteiger partial charge on any atom is 0.209 e. The SMILES string of the molecule is CC1(C)O[C@@H]2[C@@H](O1)C(c1ccccc1)(c1ccccc1)OP(c1c(-c3ccccc3)cccc1P(c1ccccc1)c1ccccc1)OC2(c1ccccc1)c1ccccc1. The zero-order chi connectivity index (χ0) is 41.3. The number of ether oxygens (including phenoxy) is 2. The summed E-state index contributed by atoms with van der Waals surface area (Å²) in [5.74, 6) is -0.992. The molecule has 0 bridgehead atoms. The van der Waals surface area contributed by atoms with Crippen molar-refractivity contribution in [2.24, 2.45) is 0 Å². The maximum atomic E-state index is 8.24. The van der Waals surface area contributed by atoms with Crippen LogP contribution in [-0.4, -0.2) is 18.0 Å². The van der Waals surface area contributed by atoms with Crippen LogP contribution in [0.1, 0.15) is 36.1 Å². The van der Waals surface area contributed by atoms with Crippen molar-refractivity contribution >= 4 is 37.5 Å². The molecular weight excluding hydrogens is 787 g/mol. The molecule has 2 atom stereocenters. The molecule has 2 fully saturated rings. The van der Waals surface area contributed by atoms with Crippen LogP contribution in [0, 0.1) is 0 Å². The standard InChI is InChI=1S/C55H46O4P2/c1-53(2)56-51-52(57-53)55(44-31-16-6-17-32-44,45-33-18-7-19-34-45)59-61(58-54(51,42-27-12-4-13-28-42)43-29-14-5-15-30-43)50-48(41-25-10-3-11-26-41)39-24-40-49(50)60(46-35-20-8-21-36-46)47-37-22-9-23-38-47/h3-40,51-52H,1-2H3/t51-,52-/m1/s1. The highest BCUT2D eigenvalue weighted by atomic mass is 31.2. The Bertz CT molecular complexity index is 2460. The molecular formula is C55H46O4P2. The van der Waals surface area contributed by atoms with Crippen molar-refractivity contribution in [2.75, 3.05) is 0 Å². The highest BCUT2D eigenvalue weighted by Gasteiger charge is 2.67. The molecule has 61 heavy (non-hydrogen) atoms. The summed E-state index contributed by atoms with van der Waals surface area (Å²) in [4.78, 5) is 0. The monoisotopic (exact) mass is 832 g/mol. The van der Waals surface area contributed by atoms with E-state index in [0.717, 1.165) is 38.7 Å². The number of hydrogen-bond donors (Lipinski definition) is 0.